The molecule has 0 saturated heterocycles. The Morgan fingerprint density at radius 1 is 1.10 bits per heavy atom. The van der Waals surface area contributed by atoms with Crippen molar-refractivity contribution in [2.45, 2.75) is 46.3 Å². The maximum Gasteiger partial charge on any atom is 0.254 e. The van der Waals surface area contributed by atoms with Gasteiger partial charge in [-0.25, -0.2) is 0 Å². The zero-order chi connectivity index (χ0) is 20.6. The van der Waals surface area contributed by atoms with Gasteiger partial charge in [-0.15, -0.1) is 0 Å². The second-order valence-electron chi connectivity index (χ2n) is 7.20. The van der Waals surface area contributed by atoms with Crippen LogP contribution >= 0.6 is 0 Å². The second kappa shape index (κ2) is 9.82. The van der Waals surface area contributed by atoms with Crippen LogP contribution in [0.4, 0.5) is 5.69 Å². The minimum absolute atomic E-state index is 0.0348. The number of pyridine rings is 2. The highest BCUT2D eigenvalue weighted by Crippen LogP contribution is 2.23. The average Bonchev–Trinajstić information content (AvgIpc) is 2.77. The van der Waals surface area contributed by atoms with Crippen molar-refractivity contribution < 1.29 is 4.79 Å². The zero-order valence-electron chi connectivity index (χ0n) is 17.3. The molecule has 2 aromatic heterocycles. The van der Waals surface area contributed by atoms with Crippen molar-refractivity contribution in [1.29, 1.82) is 0 Å². The lowest BCUT2D eigenvalue weighted by molar-refractivity contribution is 0.0668. The molecule has 3 aromatic rings. The maximum absolute atomic E-state index is 13.5. The van der Waals surface area contributed by atoms with Crippen LogP contribution in [0.5, 0.6) is 0 Å². The molecule has 0 spiro atoms. The number of benzene rings is 1. The fourth-order valence-electron chi connectivity index (χ4n) is 3.23. The summed E-state index contributed by atoms with van der Waals surface area (Å²) in [4.78, 5) is 23.9. The Balaban J connectivity index is 1.82. The number of nitrogens with zero attached hydrogens (tertiary/aromatic N) is 3. The Morgan fingerprint density at radius 3 is 2.66 bits per heavy atom. The Hall–Kier alpha value is -3.21. The normalized spacial score (nSPS) is 11.7. The Bertz CT molecular complexity index is 928. The first-order valence-electron chi connectivity index (χ1n) is 10.0. The van der Waals surface area contributed by atoms with Gasteiger partial charge < -0.3 is 10.2 Å². The van der Waals surface area contributed by atoms with Gasteiger partial charge in [-0.2, -0.15) is 0 Å². The van der Waals surface area contributed by atoms with Gasteiger partial charge in [0.1, 0.15) is 0 Å². The summed E-state index contributed by atoms with van der Waals surface area (Å²) >= 11 is 0. The molecule has 150 valence electrons. The SMILES string of the molecule is CCC(C)N(Cc1ccccn1)C(=O)c1cccc(NCc2cccnc2)c1C. The second-order valence-corrected chi connectivity index (χ2v) is 7.20. The van der Waals surface area contributed by atoms with Crippen LogP contribution in [-0.2, 0) is 13.1 Å². The maximum atomic E-state index is 13.5. The van der Waals surface area contributed by atoms with E-state index >= 15 is 0 Å². The first kappa shape index (κ1) is 20.5. The van der Waals surface area contributed by atoms with E-state index in [0.29, 0.717) is 13.1 Å². The standard InChI is InChI=1S/C24H28N4O/c1-4-18(2)28(17-21-10-5-6-14-26-21)24(29)22-11-7-12-23(19(22)3)27-16-20-9-8-13-25-15-20/h5-15,18,27H,4,16-17H2,1-3H3. The molecule has 5 heteroatoms. The van der Waals surface area contributed by atoms with Gasteiger partial charge in [0.15, 0.2) is 0 Å². The van der Waals surface area contributed by atoms with Crippen molar-refractivity contribution in [3.8, 4) is 0 Å². The van der Waals surface area contributed by atoms with Crippen molar-refractivity contribution in [3.63, 3.8) is 0 Å². The van der Waals surface area contributed by atoms with Crippen molar-refractivity contribution in [1.82, 2.24) is 14.9 Å². The predicted molar refractivity (Wildman–Crippen MR) is 117 cm³/mol. The number of hydrogen-bond donors (Lipinski definition) is 1. The summed E-state index contributed by atoms with van der Waals surface area (Å²) in [5, 5.41) is 3.43. The molecule has 1 amide bonds. The third kappa shape index (κ3) is 5.19. The summed E-state index contributed by atoms with van der Waals surface area (Å²) in [5.74, 6) is 0.0348. The minimum Gasteiger partial charge on any atom is -0.381 e. The largest absolute Gasteiger partial charge is 0.381 e. The number of amides is 1. The lowest BCUT2D eigenvalue weighted by Crippen LogP contribution is -2.38. The Kier molecular flexibility index (Phi) is 6.95. The molecule has 0 aliphatic carbocycles. The lowest BCUT2D eigenvalue weighted by atomic mass is 10.0. The summed E-state index contributed by atoms with van der Waals surface area (Å²) in [5.41, 5.74) is 4.62. The van der Waals surface area contributed by atoms with Gasteiger partial charge in [0.05, 0.1) is 12.2 Å². The van der Waals surface area contributed by atoms with Crippen LogP contribution in [-0.4, -0.2) is 26.8 Å². The molecule has 0 fully saturated rings. The van der Waals surface area contributed by atoms with E-state index in [1.165, 1.54) is 0 Å². The van der Waals surface area contributed by atoms with E-state index in [9.17, 15) is 4.79 Å². The van der Waals surface area contributed by atoms with Crippen molar-refractivity contribution in [2.75, 3.05) is 5.32 Å². The predicted octanol–water partition coefficient (Wildman–Crippen LogP) is 4.84. The highest BCUT2D eigenvalue weighted by molar-refractivity contribution is 5.97. The van der Waals surface area contributed by atoms with Gasteiger partial charge in [0, 0.05) is 42.4 Å². The van der Waals surface area contributed by atoms with Crippen LogP contribution in [0, 0.1) is 6.92 Å². The van der Waals surface area contributed by atoms with E-state index in [0.717, 1.165) is 34.5 Å². The molecule has 1 atom stereocenters. The van der Waals surface area contributed by atoms with Gasteiger partial charge in [-0.05, 0) is 61.7 Å². The first-order chi connectivity index (χ1) is 14.1. The Labute approximate surface area is 172 Å². The van der Waals surface area contributed by atoms with Crippen LogP contribution in [0.2, 0.25) is 0 Å². The van der Waals surface area contributed by atoms with E-state index in [4.69, 9.17) is 0 Å². The number of carbonyl (C=O) groups excluding carboxylic acids is 1. The summed E-state index contributed by atoms with van der Waals surface area (Å²) in [6.45, 7) is 7.34. The van der Waals surface area contributed by atoms with Crippen LogP contribution in [0.25, 0.3) is 0 Å². The van der Waals surface area contributed by atoms with Gasteiger partial charge >= 0.3 is 0 Å². The third-order valence-electron chi connectivity index (χ3n) is 5.21. The summed E-state index contributed by atoms with van der Waals surface area (Å²) < 4.78 is 0. The number of aromatic nitrogens is 2. The number of rotatable bonds is 8. The van der Waals surface area contributed by atoms with E-state index in [1.807, 2.05) is 66.6 Å². The highest BCUT2D eigenvalue weighted by atomic mass is 16.2. The van der Waals surface area contributed by atoms with Gasteiger partial charge in [0.2, 0.25) is 0 Å². The molecule has 0 aliphatic rings. The van der Waals surface area contributed by atoms with E-state index < -0.39 is 0 Å². The molecule has 1 unspecified atom stereocenters. The number of hydrogen-bond acceptors (Lipinski definition) is 4. The van der Waals surface area contributed by atoms with Crippen LogP contribution < -0.4 is 5.32 Å². The van der Waals surface area contributed by atoms with Crippen LogP contribution in [0.3, 0.4) is 0 Å². The Morgan fingerprint density at radius 2 is 1.97 bits per heavy atom. The van der Waals surface area contributed by atoms with E-state index in [2.05, 4.69) is 29.1 Å². The average molecular weight is 389 g/mol. The minimum atomic E-state index is 0.0348. The molecule has 0 aliphatic heterocycles. The number of anilines is 1. The molecule has 3 rings (SSSR count). The molecule has 0 radical (unpaired) electrons. The highest BCUT2D eigenvalue weighted by Gasteiger charge is 2.23. The summed E-state index contributed by atoms with van der Waals surface area (Å²) in [6, 6.07) is 15.7. The fraction of sp³-hybridized carbons (Fsp3) is 0.292. The van der Waals surface area contributed by atoms with E-state index in [-0.39, 0.29) is 11.9 Å². The van der Waals surface area contributed by atoms with Gasteiger partial charge in [-0.1, -0.05) is 25.1 Å². The summed E-state index contributed by atoms with van der Waals surface area (Å²) in [6.07, 6.45) is 6.26. The smallest absolute Gasteiger partial charge is 0.254 e. The van der Waals surface area contributed by atoms with Gasteiger partial charge in [-0.3, -0.25) is 14.8 Å². The molecule has 1 aromatic carbocycles. The van der Waals surface area contributed by atoms with Crippen molar-refractivity contribution in [2.24, 2.45) is 0 Å². The monoisotopic (exact) mass is 388 g/mol. The van der Waals surface area contributed by atoms with Crippen molar-refractivity contribution in [3.05, 3.63) is 89.5 Å². The molecule has 2 heterocycles. The molecular weight excluding hydrogens is 360 g/mol. The number of carbonyl (C=O) groups is 1. The van der Waals surface area contributed by atoms with Gasteiger partial charge in [0.25, 0.3) is 5.91 Å². The quantitative estimate of drug-likeness (QED) is 0.600. The molecule has 0 bridgehead atoms. The summed E-state index contributed by atoms with van der Waals surface area (Å²) in [7, 11) is 0. The molecule has 1 N–H and O–H groups in total. The third-order valence-corrected chi connectivity index (χ3v) is 5.21. The lowest BCUT2D eigenvalue weighted by Gasteiger charge is -2.29. The topological polar surface area (TPSA) is 58.1 Å². The zero-order valence-corrected chi connectivity index (χ0v) is 17.3. The molecule has 0 saturated carbocycles. The van der Waals surface area contributed by atoms with Crippen LogP contribution in [0.15, 0.2) is 67.1 Å². The molecular formula is C24H28N4O. The van der Waals surface area contributed by atoms with Crippen molar-refractivity contribution >= 4 is 11.6 Å². The van der Waals surface area contributed by atoms with Crippen LogP contribution in [0.1, 0.15) is 47.4 Å². The van der Waals surface area contributed by atoms with E-state index in [1.54, 1.807) is 12.4 Å². The molecule has 5 nitrogen and oxygen atoms in total. The fourth-order valence-corrected chi connectivity index (χ4v) is 3.23. The molecule has 29 heavy (non-hydrogen) atoms. The first-order valence-corrected chi connectivity index (χ1v) is 10.0. The number of nitrogens with one attached hydrogen (secondary N) is 1.